The van der Waals surface area contributed by atoms with Crippen LogP contribution < -0.4 is 16.2 Å². The van der Waals surface area contributed by atoms with Crippen LogP contribution in [-0.4, -0.2) is 35.3 Å². The molecule has 1 aromatic heterocycles. The van der Waals surface area contributed by atoms with Crippen molar-refractivity contribution in [3.63, 3.8) is 0 Å². The maximum Gasteiger partial charge on any atom is 0.254 e. The molecule has 2 aliphatic carbocycles. The first kappa shape index (κ1) is 21.1. The molecular formula is C25H29N3O4. The second-order valence-corrected chi connectivity index (χ2v) is 9.81. The molecule has 3 heterocycles. The highest BCUT2D eigenvalue weighted by atomic mass is 16.2. The summed E-state index contributed by atoms with van der Waals surface area (Å²) in [7, 11) is 0. The Bertz CT molecular complexity index is 1080. The Morgan fingerprint density at radius 2 is 1.66 bits per heavy atom. The van der Waals surface area contributed by atoms with Crippen LogP contribution in [0.2, 0.25) is 0 Å². The molecule has 1 aromatic rings. The molecule has 3 fully saturated rings. The van der Waals surface area contributed by atoms with Crippen molar-refractivity contribution < 1.29 is 14.4 Å². The molecule has 0 aromatic carbocycles. The van der Waals surface area contributed by atoms with Gasteiger partial charge < -0.3 is 9.88 Å². The van der Waals surface area contributed by atoms with Crippen LogP contribution >= 0.6 is 0 Å². The predicted molar refractivity (Wildman–Crippen MR) is 118 cm³/mol. The first-order valence-corrected chi connectivity index (χ1v) is 11.8. The molecule has 32 heavy (non-hydrogen) atoms. The lowest BCUT2D eigenvalue weighted by Crippen LogP contribution is -2.40. The SMILES string of the molecule is O=C1CC[C@@H](C#CC2Cc3c(ccn(C4CCC5(CCNCC5)CC4)c3=O)C2=O)C(=O)N1. The van der Waals surface area contributed by atoms with Crippen molar-refractivity contribution in [2.75, 3.05) is 13.1 Å². The maximum atomic E-state index is 13.3. The van der Waals surface area contributed by atoms with E-state index in [1.165, 1.54) is 12.8 Å². The molecule has 2 atom stereocenters. The standard InChI is InChI=1S/C25H29N3O4/c29-21-4-3-16(23(31)27-21)1-2-17-15-20-19(22(17)30)7-14-28(24(20)32)18-5-8-25(9-6-18)10-12-26-13-11-25/h7,14,16-18,26H,3-6,8-13,15H2,(H,27,29,31)/t16-,17?/m1/s1. The third-order valence-corrected chi connectivity index (χ3v) is 7.95. The summed E-state index contributed by atoms with van der Waals surface area (Å²) in [6.07, 6.45) is 9.49. The van der Waals surface area contributed by atoms with Gasteiger partial charge in [-0.15, -0.1) is 0 Å². The van der Waals surface area contributed by atoms with E-state index in [1.54, 1.807) is 12.3 Å². The minimum absolute atomic E-state index is 0.0626. The highest BCUT2D eigenvalue weighted by Gasteiger charge is 2.38. The van der Waals surface area contributed by atoms with Gasteiger partial charge in [-0.05, 0) is 75.9 Å². The fourth-order valence-electron chi connectivity index (χ4n) is 5.89. The zero-order valence-electron chi connectivity index (χ0n) is 18.2. The van der Waals surface area contributed by atoms with Gasteiger partial charge in [-0.1, -0.05) is 11.8 Å². The fourth-order valence-corrected chi connectivity index (χ4v) is 5.89. The number of amides is 2. The van der Waals surface area contributed by atoms with Crippen molar-refractivity contribution >= 4 is 17.6 Å². The number of fused-ring (bicyclic) bond motifs is 1. The Labute approximate surface area is 187 Å². The maximum absolute atomic E-state index is 13.3. The minimum Gasteiger partial charge on any atom is -0.317 e. The summed E-state index contributed by atoms with van der Waals surface area (Å²) >= 11 is 0. The largest absolute Gasteiger partial charge is 0.317 e. The first-order valence-electron chi connectivity index (χ1n) is 11.8. The van der Waals surface area contributed by atoms with E-state index < -0.39 is 17.7 Å². The molecule has 7 nitrogen and oxygen atoms in total. The zero-order chi connectivity index (χ0) is 22.3. The number of imide groups is 1. The van der Waals surface area contributed by atoms with Gasteiger partial charge in [0, 0.05) is 29.8 Å². The summed E-state index contributed by atoms with van der Waals surface area (Å²) in [6.45, 7) is 2.18. The molecule has 2 amide bonds. The Kier molecular flexibility index (Phi) is 5.50. The predicted octanol–water partition coefficient (Wildman–Crippen LogP) is 1.74. The van der Waals surface area contributed by atoms with Crippen LogP contribution in [0.5, 0.6) is 0 Å². The number of hydrogen-bond donors (Lipinski definition) is 2. The van der Waals surface area contributed by atoms with Crippen LogP contribution in [-0.2, 0) is 16.0 Å². The lowest BCUT2D eigenvalue weighted by atomic mass is 9.67. The van der Waals surface area contributed by atoms with Gasteiger partial charge in [-0.3, -0.25) is 24.5 Å². The average Bonchev–Trinajstić information content (AvgIpc) is 3.11. The Balaban J connectivity index is 1.30. The van der Waals surface area contributed by atoms with Crippen molar-refractivity contribution in [3.8, 4) is 11.8 Å². The molecule has 2 N–H and O–H groups in total. The van der Waals surface area contributed by atoms with Crippen LogP contribution in [0, 0.1) is 29.1 Å². The van der Waals surface area contributed by atoms with E-state index in [1.807, 2.05) is 4.57 Å². The molecule has 1 spiro atoms. The summed E-state index contributed by atoms with van der Waals surface area (Å²) in [5.41, 5.74) is 1.41. The zero-order valence-corrected chi connectivity index (χ0v) is 18.2. The van der Waals surface area contributed by atoms with Crippen molar-refractivity contribution in [3.05, 3.63) is 33.7 Å². The molecule has 1 unspecified atom stereocenters. The molecule has 4 aliphatic rings. The number of carbonyl (C=O) groups is 3. The number of aromatic nitrogens is 1. The number of nitrogens with one attached hydrogen (secondary N) is 2. The Hall–Kier alpha value is -2.72. The van der Waals surface area contributed by atoms with E-state index in [0.29, 0.717) is 29.4 Å². The summed E-state index contributed by atoms with van der Waals surface area (Å²) < 4.78 is 1.84. The lowest BCUT2D eigenvalue weighted by Gasteiger charge is -2.43. The normalized spacial score (nSPS) is 27.6. The Morgan fingerprint density at radius 1 is 0.938 bits per heavy atom. The monoisotopic (exact) mass is 435 g/mol. The summed E-state index contributed by atoms with van der Waals surface area (Å²) in [4.78, 5) is 49.3. The molecule has 5 rings (SSSR count). The van der Waals surface area contributed by atoms with E-state index in [9.17, 15) is 19.2 Å². The van der Waals surface area contributed by atoms with Gasteiger partial charge in [0.1, 0.15) is 0 Å². The average molecular weight is 436 g/mol. The number of piperidine rings is 2. The van der Waals surface area contributed by atoms with Crippen molar-refractivity contribution in [1.82, 2.24) is 15.2 Å². The van der Waals surface area contributed by atoms with Gasteiger partial charge in [-0.2, -0.15) is 0 Å². The molecule has 0 bridgehead atoms. The van der Waals surface area contributed by atoms with E-state index in [-0.39, 0.29) is 29.7 Å². The third kappa shape index (κ3) is 3.81. The molecule has 2 saturated heterocycles. The van der Waals surface area contributed by atoms with Crippen LogP contribution in [0.15, 0.2) is 17.1 Å². The van der Waals surface area contributed by atoms with Gasteiger partial charge in [0.2, 0.25) is 11.8 Å². The molecule has 2 aliphatic heterocycles. The highest BCUT2D eigenvalue weighted by molar-refractivity contribution is 6.04. The van der Waals surface area contributed by atoms with Crippen LogP contribution in [0.4, 0.5) is 0 Å². The summed E-state index contributed by atoms with van der Waals surface area (Å²) in [5.74, 6) is 3.82. The minimum atomic E-state index is -0.594. The second kappa shape index (κ2) is 8.32. The molecule has 1 saturated carbocycles. The fraction of sp³-hybridized carbons (Fsp3) is 0.600. The summed E-state index contributed by atoms with van der Waals surface area (Å²) in [5, 5.41) is 5.73. The number of nitrogens with zero attached hydrogens (tertiary/aromatic N) is 1. The topological polar surface area (TPSA) is 97.3 Å². The van der Waals surface area contributed by atoms with Crippen molar-refractivity contribution in [2.24, 2.45) is 17.3 Å². The number of hydrogen-bond acceptors (Lipinski definition) is 5. The number of carbonyl (C=O) groups excluding carboxylic acids is 3. The third-order valence-electron chi connectivity index (χ3n) is 7.95. The molecule has 168 valence electrons. The van der Waals surface area contributed by atoms with Crippen LogP contribution in [0.25, 0.3) is 0 Å². The number of ketones is 1. The van der Waals surface area contributed by atoms with Gasteiger partial charge >= 0.3 is 0 Å². The van der Waals surface area contributed by atoms with Gasteiger partial charge in [-0.25, -0.2) is 0 Å². The van der Waals surface area contributed by atoms with E-state index in [2.05, 4.69) is 22.5 Å². The quantitative estimate of drug-likeness (QED) is 0.517. The van der Waals surface area contributed by atoms with Crippen LogP contribution in [0.1, 0.15) is 73.3 Å². The van der Waals surface area contributed by atoms with Gasteiger partial charge in [0.25, 0.3) is 5.56 Å². The van der Waals surface area contributed by atoms with Gasteiger partial charge in [0.05, 0.1) is 11.8 Å². The highest BCUT2D eigenvalue weighted by Crippen LogP contribution is 2.46. The molecule has 0 radical (unpaired) electrons. The molecular weight excluding hydrogens is 406 g/mol. The van der Waals surface area contributed by atoms with E-state index in [4.69, 9.17) is 0 Å². The van der Waals surface area contributed by atoms with E-state index >= 15 is 0 Å². The number of pyridine rings is 1. The van der Waals surface area contributed by atoms with Gasteiger partial charge in [0.15, 0.2) is 5.78 Å². The second-order valence-electron chi connectivity index (χ2n) is 9.81. The smallest absolute Gasteiger partial charge is 0.254 e. The van der Waals surface area contributed by atoms with E-state index in [0.717, 1.165) is 38.8 Å². The first-order chi connectivity index (χ1) is 15.5. The number of Topliss-reactive ketones (excluding diaryl/α,β-unsaturated/α-hetero) is 1. The van der Waals surface area contributed by atoms with Crippen molar-refractivity contribution in [2.45, 2.75) is 63.8 Å². The van der Waals surface area contributed by atoms with Crippen LogP contribution in [0.3, 0.4) is 0 Å². The lowest BCUT2D eigenvalue weighted by molar-refractivity contribution is -0.134. The molecule has 7 heteroatoms. The number of rotatable bonds is 1. The van der Waals surface area contributed by atoms with Crippen molar-refractivity contribution in [1.29, 1.82) is 0 Å². The summed E-state index contributed by atoms with van der Waals surface area (Å²) in [6, 6.07) is 1.97. The Morgan fingerprint density at radius 3 is 2.38 bits per heavy atom.